The minimum Gasteiger partial charge on any atom is -0.497 e. The molecule has 0 spiro atoms. The van der Waals surface area contributed by atoms with E-state index in [0.717, 1.165) is 16.4 Å². The number of methoxy groups -OCH3 is 3. The van der Waals surface area contributed by atoms with Gasteiger partial charge in [-0.2, -0.15) is 5.10 Å². The van der Waals surface area contributed by atoms with Gasteiger partial charge in [0, 0.05) is 67.7 Å². The summed E-state index contributed by atoms with van der Waals surface area (Å²) in [4.78, 5) is 7.33. The first-order valence-corrected chi connectivity index (χ1v) is 16.8. The van der Waals surface area contributed by atoms with E-state index < -0.39 is 45.1 Å². The van der Waals surface area contributed by atoms with Gasteiger partial charge in [-0.3, -0.25) is 0 Å². The molecule has 0 aliphatic heterocycles. The summed E-state index contributed by atoms with van der Waals surface area (Å²) in [6, 6.07) is 10.0. The van der Waals surface area contributed by atoms with Crippen LogP contribution in [-0.4, -0.2) is 74.7 Å². The van der Waals surface area contributed by atoms with Gasteiger partial charge in [0.25, 0.3) is 15.9 Å². The van der Waals surface area contributed by atoms with E-state index in [9.17, 15) is 17.2 Å². The Balaban J connectivity index is 1.46. The molecule has 1 aliphatic carbocycles. The molecule has 4 aromatic rings. The van der Waals surface area contributed by atoms with Gasteiger partial charge in [-0.1, -0.05) is 0 Å². The van der Waals surface area contributed by atoms with E-state index in [1.165, 1.54) is 39.7 Å². The maximum absolute atomic E-state index is 16.0. The fourth-order valence-corrected chi connectivity index (χ4v) is 7.24. The lowest BCUT2D eigenvalue weighted by Crippen LogP contribution is -2.39. The number of rotatable bonds is 15. The van der Waals surface area contributed by atoms with Crippen LogP contribution in [0.15, 0.2) is 66.1 Å². The number of benzene rings is 2. The van der Waals surface area contributed by atoms with Gasteiger partial charge in [-0.05, 0) is 43.2 Å². The lowest BCUT2D eigenvalue weighted by Gasteiger charge is -2.36. The van der Waals surface area contributed by atoms with E-state index in [1.54, 1.807) is 42.3 Å². The van der Waals surface area contributed by atoms with Crippen molar-refractivity contribution in [1.82, 2.24) is 19.7 Å². The number of sulfonamides is 1. The first-order valence-electron chi connectivity index (χ1n) is 15.4. The molecule has 0 radical (unpaired) electrons. The number of hydrogen-bond acceptors (Lipinski definition) is 10. The second-order valence-electron chi connectivity index (χ2n) is 11.5. The Kier molecular flexibility index (Phi) is 11.3. The van der Waals surface area contributed by atoms with Crippen molar-refractivity contribution in [3.8, 4) is 17.2 Å². The van der Waals surface area contributed by atoms with Crippen LogP contribution in [0.5, 0.6) is 17.2 Å². The molecule has 1 saturated carbocycles. The van der Waals surface area contributed by atoms with Crippen molar-refractivity contribution in [2.45, 2.75) is 62.3 Å². The monoisotopic (exact) mass is 705 g/mol. The van der Waals surface area contributed by atoms with Crippen LogP contribution in [0.2, 0.25) is 0 Å². The molecule has 1 fully saturated rings. The predicted octanol–water partition coefficient (Wildman–Crippen LogP) is 5.50. The number of hydrogen-bond donors (Lipinski definition) is 0. The average molecular weight is 706 g/mol. The Morgan fingerprint density at radius 3 is 2.55 bits per heavy atom. The Morgan fingerprint density at radius 2 is 1.84 bits per heavy atom. The normalized spacial score (nSPS) is 17.4. The van der Waals surface area contributed by atoms with Gasteiger partial charge in [-0.25, -0.2) is 40.5 Å². The zero-order valence-corrected chi connectivity index (χ0v) is 28.3. The van der Waals surface area contributed by atoms with Crippen molar-refractivity contribution in [1.29, 1.82) is 0 Å². The Labute approximate surface area is 282 Å². The van der Waals surface area contributed by atoms with E-state index in [2.05, 4.69) is 15.1 Å². The molecule has 2 aromatic carbocycles. The zero-order valence-electron chi connectivity index (χ0n) is 27.5. The number of aryl methyl sites for hydroxylation is 1. The molecular weight excluding hydrogens is 667 g/mol. The summed E-state index contributed by atoms with van der Waals surface area (Å²) < 4.78 is 104. The van der Waals surface area contributed by atoms with Crippen molar-refractivity contribution in [2.75, 3.05) is 38.8 Å². The van der Waals surface area contributed by atoms with Gasteiger partial charge < -0.3 is 23.7 Å². The van der Waals surface area contributed by atoms with Gasteiger partial charge >= 0.3 is 0 Å². The number of alkyl halides is 2. The molecule has 49 heavy (non-hydrogen) atoms. The second-order valence-corrected chi connectivity index (χ2v) is 13.3. The Morgan fingerprint density at radius 1 is 1.02 bits per heavy atom. The highest BCUT2D eigenvalue weighted by Gasteiger charge is 2.44. The van der Waals surface area contributed by atoms with E-state index in [0.29, 0.717) is 36.0 Å². The highest BCUT2D eigenvalue weighted by Crippen LogP contribution is 2.44. The third-order valence-electron chi connectivity index (χ3n) is 8.25. The van der Waals surface area contributed by atoms with Gasteiger partial charge in [0.1, 0.15) is 52.9 Å². The van der Waals surface area contributed by atoms with E-state index in [4.69, 9.17) is 23.7 Å². The molecule has 264 valence electrons. The largest absolute Gasteiger partial charge is 0.497 e. The predicted molar refractivity (Wildman–Crippen MR) is 172 cm³/mol. The van der Waals surface area contributed by atoms with Crippen molar-refractivity contribution in [3.63, 3.8) is 0 Å². The van der Waals surface area contributed by atoms with Crippen molar-refractivity contribution in [2.24, 2.45) is 0 Å². The lowest BCUT2D eigenvalue weighted by molar-refractivity contribution is -0.0789. The number of ether oxygens (including phenoxy) is 5. The van der Waals surface area contributed by atoms with E-state index in [1.807, 2.05) is 0 Å². The fraction of sp³-hybridized carbons (Fsp3) is 0.424. The fourth-order valence-electron chi connectivity index (χ4n) is 5.71. The van der Waals surface area contributed by atoms with Crippen LogP contribution in [0.3, 0.4) is 0 Å². The van der Waals surface area contributed by atoms with Crippen molar-refractivity contribution >= 4 is 15.8 Å². The van der Waals surface area contributed by atoms with Gasteiger partial charge in [0.05, 0.1) is 34.0 Å². The standard InChI is InChI=1S/C33H38F3N5O7S/c1-22-15-31(49(42,43)41(32-9-11-37-20-38-32)19-23-5-6-24(45-3)16-29(23)46-4)26(34)17-28(22)48-30-18-33(35,36)10-7-25(30)27-8-12-39-40(27)21-47-14-13-44-2/h5-6,8-9,11-12,15-17,20,25,30H,7,10,13-14,18-19,21H2,1-4H3. The smallest absolute Gasteiger partial charge is 0.268 e. The minimum atomic E-state index is -4.61. The molecular formula is C33H38F3N5O7S. The Hall–Kier alpha value is -4.41. The molecule has 16 heteroatoms. The summed E-state index contributed by atoms with van der Waals surface area (Å²) in [6.45, 7) is 2.02. The molecule has 0 N–H and O–H groups in total. The highest BCUT2D eigenvalue weighted by molar-refractivity contribution is 7.92. The number of aromatic nitrogens is 4. The summed E-state index contributed by atoms with van der Waals surface area (Å²) in [6.07, 6.45) is 2.11. The Bertz CT molecular complexity index is 1830. The molecule has 12 nitrogen and oxygen atoms in total. The van der Waals surface area contributed by atoms with E-state index in [-0.39, 0.29) is 43.2 Å². The summed E-state index contributed by atoms with van der Waals surface area (Å²) in [7, 11) is -0.141. The summed E-state index contributed by atoms with van der Waals surface area (Å²) in [5, 5.41) is 4.28. The molecule has 2 heterocycles. The first-order chi connectivity index (χ1) is 23.5. The zero-order chi connectivity index (χ0) is 35.2. The van der Waals surface area contributed by atoms with Gasteiger partial charge in [-0.15, -0.1) is 0 Å². The van der Waals surface area contributed by atoms with Crippen LogP contribution in [0.4, 0.5) is 19.0 Å². The molecule has 1 aliphatic rings. The topological polar surface area (TPSA) is 127 Å². The molecule has 0 saturated heterocycles. The maximum atomic E-state index is 16.0. The molecule has 5 rings (SSSR count). The van der Waals surface area contributed by atoms with Gasteiger partial charge in [0.15, 0.2) is 0 Å². The third-order valence-corrected chi connectivity index (χ3v) is 10.0. The van der Waals surface area contributed by atoms with Crippen molar-refractivity contribution < 1.29 is 45.3 Å². The summed E-state index contributed by atoms with van der Waals surface area (Å²) in [5.74, 6) is -3.90. The molecule has 0 amide bonds. The number of nitrogens with zero attached hydrogens (tertiary/aromatic N) is 5. The molecule has 2 unspecified atom stereocenters. The highest BCUT2D eigenvalue weighted by atomic mass is 32.2. The minimum absolute atomic E-state index is 0.0136. The van der Waals surface area contributed by atoms with Crippen LogP contribution in [0.25, 0.3) is 0 Å². The molecule has 0 bridgehead atoms. The van der Waals surface area contributed by atoms with Crippen LogP contribution in [0.1, 0.15) is 42.0 Å². The third kappa shape index (κ3) is 8.25. The van der Waals surface area contributed by atoms with Crippen molar-refractivity contribution in [3.05, 3.63) is 83.8 Å². The second kappa shape index (κ2) is 15.4. The quantitative estimate of drug-likeness (QED) is 0.146. The van der Waals surface area contributed by atoms with Crippen LogP contribution >= 0.6 is 0 Å². The van der Waals surface area contributed by atoms with E-state index >= 15 is 4.39 Å². The lowest BCUT2D eigenvalue weighted by atomic mass is 9.82. The maximum Gasteiger partial charge on any atom is 0.268 e. The van der Waals surface area contributed by atoms with Crippen LogP contribution in [-0.2, 0) is 32.8 Å². The van der Waals surface area contributed by atoms with Crippen LogP contribution in [0, 0.1) is 12.7 Å². The molecule has 2 aromatic heterocycles. The summed E-state index contributed by atoms with van der Waals surface area (Å²) in [5.41, 5.74) is 1.31. The SMILES string of the molecule is COCCOCn1nccc1C1CCC(F)(F)CC1Oc1cc(F)c(S(=O)(=O)N(Cc2ccc(OC)cc2OC)c2ccncn2)cc1C. The summed E-state index contributed by atoms with van der Waals surface area (Å²) >= 11 is 0. The average Bonchev–Trinajstić information content (AvgIpc) is 3.55. The number of anilines is 1. The first kappa shape index (κ1) is 35.9. The molecule has 2 atom stereocenters. The van der Waals surface area contributed by atoms with Gasteiger partial charge in [0.2, 0.25) is 0 Å². The van der Waals surface area contributed by atoms with Crippen LogP contribution < -0.4 is 18.5 Å². The number of halogens is 3.